The zero-order valence-electron chi connectivity index (χ0n) is 23.0. The van der Waals surface area contributed by atoms with Crippen LogP contribution in [0.3, 0.4) is 0 Å². The Balaban J connectivity index is 1.50. The third-order valence-electron chi connectivity index (χ3n) is 7.61. The average molecular weight is 518 g/mol. The number of amides is 1. The van der Waals surface area contributed by atoms with E-state index in [0.29, 0.717) is 6.42 Å². The summed E-state index contributed by atoms with van der Waals surface area (Å²) in [5, 5.41) is 7.53. The average Bonchev–Trinajstić information content (AvgIpc) is 2.96. The quantitative estimate of drug-likeness (QED) is 0.137. The van der Waals surface area contributed by atoms with Gasteiger partial charge in [-0.2, -0.15) is 0 Å². The van der Waals surface area contributed by atoms with E-state index in [2.05, 4.69) is 103 Å². The topological polar surface area (TPSA) is 29.1 Å². The van der Waals surface area contributed by atoms with Gasteiger partial charge in [-0.25, -0.2) is 0 Å². The van der Waals surface area contributed by atoms with Crippen molar-refractivity contribution < 1.29 is 4.79 Å². The molecule has 0 aromatic heterocycles. The van der Waals surface area contributed by atoms with Crippen LogP contribution in [0.5, 0.6) is 0 Å². The molecule has 200 valence electrons. The third kappa shape index (κ3) is 9.42. The maximum atomic E-state index is 12.5. The van der Waals surface area contributed by atoms with E-state index in [4.69, 9.17) is 0 Å². The van der Waals surface area contributed by atoms with Gasteiger partial charge in [0.05, 0.1) is 0 Å². The summed E-state index contributed by atoms with van der Waals surface area (Å²) in [5.74, 6) is 0.214. The monoisotopic (exact) mass is 517 g/mol. The van der Waals surface area contributed by atoms with E-state index >= 15 is 0 Å². The van der Waals surface area contributed by atoms with Gasteiger partial charge >= 0.3 is 194 Å². The molecule has 0 atom stereocenters. The first-order chi connectivity index (χ1) is 18.3. The molecule has 0 saturated heterocycles. The van der Waals surface area contributed by atoms with Crippen molar-refractivity contribution in [2.24, 2.45) is 0 Å². The molecule has 0 saturated carbocycles. The van der Waals surface area contributed by atoms with Crippen LogP contribution in [0.4, 0.5) is 0 Å². The number of unbranched alkanes of at least 4 members (excludes halogenated alkanes) is 9. The molecule has 0 aliphatic rings. The summed E-state index contributed by atoms with van der Waals surface area (Å²) < 4.78 is 0. The Bertz CT molecular complexity index is 893. The van der Waals surface area contributed by atoms with Crippen LogP contribution in [0.15, 0.2) is 91.0 Å². The molecular weight excluding hydrogens is 469 g/mol. The molecular formula is C34H48NOP. The first kappa shape index (κ1) is 29.1. The summed E-state index contributed by atoms with van der Waals surface area (Å²) in [5.41, 5.74) is 0. The summed E-state index contributed by atoms with van der Waals surface area (Å²) in [6, 6.07) is 33.1. The maximum absolute atomic E-state index is 12.5. The van der Waals surface area contributed by atoms with Crippen molar-refractivity contribution in [1.82, 2.24) is 5.32 Å². The second kappa shape index (κ2) is 17.1. The summed E-state index contributed by atoms with van der Waals surface area (Å²) >= 11 is 0. The van der Waals surface area contributed by atoms with Crippen molar-refractivity contribution >= 4 is 29.1 Å². The van der Waals surface area contributed by atoms with Crippen molar-refractivity contribution in [1.29, 1.82) is 0 Å². The first-order valence-electron chi connectivity index (χ1n) is 14.7. The fourth-order valence-electron chi connectivity index (χ4n) is 5.54. The molecule has 3 aromatic carbocycles. The van der Waals surface area contributed by atoms with Crippen molar-refractivity contribution in [3.8, 4) is 0 Å². The standard InChI is InChI=1S/C34H48NOP/c1-2-3-4-5-6-7-8-9-10-20-28-34(36)35-29-21-30-37(31-22-14-11-15-23-31,32-24-16-12-17-25-32)33-26-18-13-19-27-33/h11-19,22-27,37H,2-10,20-21,28-30H2,1H3,(H,35,36). The Labute approximate surface area is 226 Å². The second-order valence-electron chi connectivity index (χ2n) is 10.4. The van der Waals surface area contributed by atoms with Crippen LogP contribution >= 0.6 is 7.26 Å². The van der Waals surface area contributed by atoms with Crippen molar-refractivity contribution in [2.75, 3.05) is 12.7 Å². The van der Waals surface area contributed by atoms with Gasteiger partial charge in [-0.3, -0.25) is 0 Å². The zero-order valence-corrected chi connectivity index (χ0v) is 24.0. The van der Waals surface area contributed by atoms with Crippen LogP contribution in [-0.2, 0) is 4.79 Å². The van der Waals surface area contributed by atoms with Crippen molar-refractivity contribution in [3.05, 3.63) is 91.0 Å². The van der Waals surface area contributed by atoms with E-state index in [1.807, 2.05) is 0 Å². The fourth-order valence-corrected chi connectivity index (χ4v) is 10.4. The normalized spacial score (nSPS) is 11.8. The Morgan fingerprint density at radius 2 is 0.973 bits per heavy atom. The van der Waals surface area contributed by atoms with Crippen LogP contribution in [0.2, 0.25) is 0 Å². The van der Waals surface area contributed by atoms with Crippen molar-refractivity contribution in [3.63, 3.8) is 0 Å². The van der Waals surface area contributed by atoms with E-state index < -0.39 is 7.26 Å². The van der Waals surface area contributed by atoms with Crippen LogP contribution < -0.4 is 21.2 Å². The molecule has 37 heavy (non-hydrogen) atoms. The van der Waals surface area contributed by atoms with Crippen LogP contribution in [0.25, 0.3) is 0 Å². The van der Waals surface area contributed by atoms with Gasteiger partial charge in [0.15, 0.2) is 0 Å². The van der Waals surface area contributed by atoms with E-state index in [1.54, 1.807) is 0 Å². The van der Waals surface area contributed by atoms with Gasteiger partial charge in [0, 0.05) is 0 Å². The molecule has 0 aliphatic carbocycles. The van der Waals surface area contributed by atoms with E-state index in [0.717, 1.165) is 25.5 Å². The van der Waals surface area contributed by atoms with E-state index in [9.17, 15) is 4.79 Å². The molecule has 1 amide bonds. The van der Waals surface area contributed by atoms with Crippen molar-refractivity contribution in [2.45, 2.75) is 84.0 Å². The number of carbonyl (C=O) groups is 1. The third-order valence-corrected chi connectivity index (χ3v) is 12.7. The zero-order chi connectivity index (χ0) is 26.0. The molecule has 3 rings (SSSR count). The van der Waals surface area contributed by atoms with E-state index in [-0.39, 0.29) is 5.91 Å². The minimum absolute atomic E-state index is 0.214. The summed E-state index contributed by atoms with van der Waals surface area (Å²) in [6.45, 7) is 3.02. The summed E-state index contributed by atoms with van der Waals surface area (Å²) in [7, 11) is -2.20. The molecule has 1 N–H and O–H groups in total. The van der Waals surface area contributed by atoms with Crippen LogP contribution in [-0.4, -0.2) is 18.6 Å². The number of hydrogen-bond donors (Lipinski definition) is 1. The molecule has 3 aromatic rings. The van der Waals surface area contributed by atoms with Crippen LogP contribution in [0.1, 0.15) is 84.0 Å². The molecule has 0 bridgehead atoms. The molecule has 0 heterocycles. The molecule has 0 unspecified atom stereocenters. The van der Waals surface area contributed by atoms with Crippen LogP contribution in [0, 0.1) is 0 Å². The van der Waals surface area contributed by atoms with Gasteiger partial charge in [-0.15, -0.1) is 0 Å². The molecule has 2 nitrogen and oxygen atoms in total. The predicted octanol–water partition coefficient (Wildman–Crippen LogP) is 7.53. The van der Waals surface area contributed by atoms with Gasteiger partial charge in [0.2, 0.25) is 0 Å². The summed E-state index contributed by atoms with van der Waals surface area (Å²) in [6.07, 6.45) is 15.7. The van der Waals surface area contributed by atoms with Gasteiger partial charge in [-0.05, 0) is 0 Å². The molecule has 0 aliphatic heterocycles. The van der Waals surface area contributed by atoms with Gasteiger partial charge in [-0.1, -0.05) is 32.6 Å². The van der Waals surface area contributed by atoms with Gasteiger partial charge < -0.3 is 0 Å². The number of carbonyl (C=O) groups excluding carboxylic acids is 1. The fraction of sp³-hybridized carbons (Fsp3) is 0.441. The summed E-state index contributed by atoms with van der Waals surface area (Å²) in [4.78, 5) is 12.5. The second-order valence-corrected chi connectivity index (χ2v) is 14.4. The Morgan fingerprint density at radius 3 is 1.41 bits per heavy atom. The first-order valence-corrected chi connectivity index (χ1v) is 16.9. The number of hydrogen-bond acceptors (Lipinski definition) is 1. The Hall–Kier alpha value is -2.44. The minimum atomic E-state index is -2.20. The number of rotatable bonds is 18. The SMILES string of the molecule is CCCCCCCCCCCCC(=O)NCCC[PH](c1ccccc1)(c1ccccc1)c1ccccc1. The van der Waals surface area contributed by atoms with E-state index in [1.165, 1.54) is 73.7 Å². The Kier molecular flexibility index (Phi) is 13.5. The molecule has 0 fully saturated rings. The number of benzene rings is 3. The predicted molar refractivity (Wildman–Crippen MR) is 165 cm³/mol. The van der Waals surface area contributed by atoms with Gasteiger partial charge in [0.25, 0.3) is 0 Å². The molecule has 3 heteroatoms. The molecule has 0 radical (unpaired) electrons. The molecule has 0 spiro atoms. The number of nitrogens with one attached hydrogen (secondary N) is 1. The Morgan fingerprint density at radius 1 is 0.568 bits per heavy atom. The van der Waals surface area contributed by atoms with Gasteiger partial charge in [0.1, 0.15) is 0 Å².